The lowest BCUT2D eigenvalue weighted by Crippen LogP contribution is -2.30. The molecule has 0 bridgehead atoms. The minimum atomic E-state index is -0.224. The zero-order chi connectivity index (χ0) is 20.4. The number of hydrogen-bond acceptors (Lipinski definition) is 5. The first-order chi connectivity index (χ1) is 14.1. The fourth-order valence-electron chi connectivity index (χ4n) is 3.15. The molecule has 0 fully saturated rings. The molecule has 0 saturated carbocycles. The molecule has 2 aromatic carbocycles. The number of ether oxygens (including phenoxy) is 1. The highest BCUT2D eigenvalue weighted by Gasteiger charge is 2.27. The van der Waals surface area contributed by atoms with Gasteiger partial charge in [0.2, 0.25) is 0 Å². The zero-order valence-corrected chi connectivity index (χ0v) is 16.8. The summed E-state index contributed by atoms with van der Waals surface area (Å²) in [4.78, 5) is 32.6. The Morgan fingerprint density at radius 1 is 1.17 bits per heavy atom. The Balaban J connectivity index is 1.66. The second kappa shape index (κ2) is 7.97. The number of methoxy groups -OCH3 is 1. The van der Waals surface area contributed by atoms with Crippen molar-refractivity contribution in [2.24, 2.45) is 0 Å². The summed E-state index contributed by atoms with van der Waals surface area (Å²) in [6.07, 6.45) is 1.67. The molecule has 1 aliphatic heterocycles. The number of carbonyl (C=O) groups is 2. The molecular weight excluding hydrogens is 386 g/mol. The molecule has 2 amide bonds. The molecule has 0 unspecified atom stereocenters. The van der Waals surface area contributed by atoms with E-state index in [1.807, 2.05) is 13.0 Å². The van der Waals surface area contributed by atoms with Gasteiger partial charge in [-0.05, 0) is 61.5 Å². The van der Waals surface area contributed by atoms with Crippen molar-refractivity contribution in [3.63, 3.8) is 0 Å². The Bertz CT molecular complexity index is 1080. The average molecular weight is 405 g/mol. The minimum Gasteiger partial charge on any atom is -0.497 e. The summed E-state index contributed by atoms with van der Waals surface area (Å²) in [5.41, 5.74) is 2.53. The molecule has 6 nitrogen and oxygen atoms in total. The minimum absolute atomic E-state index is 0.0858. The van der Waals surface area contributed by atoms with Gasteiger partial charge in [-0.3, -0.25) is 9.59 Å². The SMILES string of the molecule is CCN1C(=O)c2cccnc2Sc2cc(C(=O)Nc3ccc(OC)cc3)ccc21. The maximum atomic E-state index is 12.9. The molecule has 146 valence electrons. The van der Waals surface area contributed by atoms with Gasteiger partial charge in [0.15, 0.2) is 0 Å². The summed E-state index contributed by atoms with van der Waals surface area (Å²) in [7, 11) is 1.60. The Hall–Kier alpha value is -3.32. The van der Waals surface area contributed by atoms with Crippen molar-refractivity contribution in [1.29, 1.82) is 0 Å². The van der Waals surface area contributed by atoms with E-state index in [2.05, 4.69) is 10.3 Å². The summed E-state index contributed by atoms with van der Waals surface area (Å²) in [5.74, 6) is 0.413. The third-order valence-electron chi connectivity index (χ3n) is 4.63. The summed E-state index contributed by atoms with van der Waals surface area (Å²) >= 11 is 1.40. The number of pyridine rings is 1. The number of aromatic nitrogens is 1. The van der Waals surface area contributed by atoms with Crippen LogP contribution in [0.3, 0.4) is 0 Å². The van der Waals surface area contributed by atoms with E-state index in [1.165, 1.54) is 11.8 Å². The van der Waals surface area contributed by atoms with Gasteiger partial charge in [0.1, 0.15) is 10.8 Å². The van der Waals surface area contributed by atoms with Gasteiger partial charge in [-0.15, -0.1) is 0 Å². The predicted molar refractivity (Wildman–Crippen MR) is 113 cm³/mol. The molecule has 0 saturated heterocycles. The fraction of sp³-hybridized carbons (Fsp3) is 0.136. The van der Waals surface area contributed by atoms with Crippen molar-refractivity contribution < 1.29 is 14.3 Å². The van der Waals surface area contributed by atoms with Gasteiger partial charge < -0.3 is 15.0 Å². The number of carbonyl (C=O) groups excluding carboxylic acids is 2. The number of fused-ring (bicyclic) bond motifs is 2. The summed E-state index contributed by atoms with van der Waals surface area (Å²) in [6, 6.07) is 16.0. The Morgan fingerprint density at radius 3 is 2.69 bits per heavy atom. The van der Waals surface area contributed by atoms with Crippen LogP contribution in [0, 0.1) is 0 Å². The van der Waals surface area contributed by atoms with Gasteiger partial charge in [0.25, 0.3) is 11.8 Å². The van der Waals surface area contributed by atoms with Crippen LogP contribution in [0.5, 0.6) is 5.75 Å². The highest BCUT2D eigenvalue weighted by atomic mass is 32.2. The molecule has 2 heterocycles. The van der Waals surface area contributed by atoms with E-state index in [-0.39, 0.29) is 11.8 Å². The highest BCUT2D eigenvalue weighted by molar-refractivity contribution is 7.99. The molecule has 4 rings (SSSR count). The molecule has 1 aliphatic rings. The smallest absolute Gasteiger partial charge is 0.261 e. The summed E-state index contributed by atoms with van der Waals surface area (Å²) < 4.78 is 5.14. The van der Waals surface area contributed by atoms with E-state index in [4.69, 9.17) is 4.74 Å². The van der Waals surface area contributed by atoms with Gasteiger partial charge in [-0.25, -0.2) is 4.98 Å². The van der Waals surface area contributed by atoms with Crippen LogP contribution in [0.2, 0.25) is 0 Å². The second-order valence-electron chi connectivity index (χ2n) is 6.37. The van der Waals surface area contributed by atoms with Crippen molar-refractivity contribution in [2.45, 2.75) is 16.8 Å². The van der Waals surface area contributed by atoms with Crippen LogP contribution in [0.1, 0.15) is 27.6 Å². The van der Waals surface area contributed by atoms with Crippen LogP contribution in [0.4, 0.5) is 11.4 Å². The lowest BCUT2D eigenvalue weighted by atomic mass is 10.1. The van der Waals surface area contributed by atoms with Gasteiger partial charge in [-0.2, -0.15) is 0 Å². The lowest BCUT2D eigenvalue weighted by molar-refractivity contribution is 0.0984. The van der Waals surface area contributed by atoms with E-state index in [1.54, 1.807) is 66.7 Å². The van der Waals surface area contributed by atoms with Gasteiger partial charge in [-0.1, -0.05) is 11.8 Å². The van der Waals surface area contributed by atoms with E-state index < -0.39 is 0 Å². The number of amides is 2. The van der Waals surface area contributed by atoms with Crippen LogP contribution in [-0.4, -0.2) is 30.5 Å². The third-order valence-corrected chi connectivity index (χ3v) is 5.70. The molecule has 7 heteroatoms. The summed E-state index contributed by atoms with van der Waals surface area (Å²) in [5, 5.41) is 3.53. The number of benzene rings is 2. The number of anilines is 2. The molecule has 3 aromatic rings. The first-order valence-electron chi connectivity index (χ1n) is 9.15. The molecule has 1 N–H and O–H groups in total. The van der Waals surface area contributed by atoms with Crippen LogP contribution >= 0.6 is 11.8 Å². The summed E-state index contributed by atoms with van der Waals surface area (Å²) in [6.45, 7) is 2.45. The molecule has 29 heavy (non-hydrogen) atoms. The molecule has 0 atom stereocenters. The normalized spacial score (nSPS) is 12.6. The lowest BCUT2D eigenvalue weighted by Gasteiger charge is -2.21. The standard InChI is InChI=1S/C22H19N3O3S/c1-3-25-18-11-6-14(20(26)24-15-7-9-16(28-2)10-8-15)13-19(18)29-21-17(22(25)27)5-4-12-23-21/h4-13H,3H2,1-2H3,(H,24,26). The van der Waals surface area contributed by atoms with Crippen LogP contribution < -0.4 is 15.0 Å². The van der Waals surface area contributed by atoms with E-state index in [0.29, 0.717) is 28.4 Å². The monoisotopic (exact) mass is 405 g/mol. The molecular formula is C22H19N3O3S. The van der Waals surface area contributed by atoms with Gasteiger partial charge in [0.05, 0.1) is 18.4 Å². The maximum absolute atomic E-state index is 12.9. The van der Waals surface area contributed by atoms with Crippen LogP contribution in [0.25, 0.3) is 0 Å². The van der Waals surface area contributed by atoms with Gasteiger partial charge in [0, 0.05) is 28.9 Å². The first-order valence-corrected chi connectivity index (χ1v) is 9.96. The first kappa shape index (κ1) is 19.0. The molecule has 0 radical (unpaired) electrons. The maximum Gasteiger partial charge on any atom is 0.261 e. The molecule has 0 spiro atoms. The largest absolute Gasteiger partial charge is 0.497 e. The number of nitrogens with one attached hydrogen (secondary N) is 1. The molecule has 1 aromatic heterocycles. The van der Waals surface area contributed by atoms with E-state index in [9.17, 15) is 9.59 Å². The van der Waals surface area contributed by atoms with E-state index >= 15 is 0 Å². The number of hydrogen-bond donors (Lipinski definition) is 1. The number of nitrogens with zero attached hydrogens (tertiary/aromatic N) is 2. The third kappa shape index (κ3) is 3.69. The highest BCUT2D eigenvalue weighted by Crippen LogP contribution is 2.40. The van der Waals surface area contributed by atoms with Crippen LogP contribution in [-0.2, 0) is 0 Å². The fourth-order valence-corrected chi connectivity index (χ4v) is 4.20. The second-order valence-corrected chi connectivity index (χ2v) is 7.40. The Kier molecular flexibility index (Phi) is 5.22. The number of rotatable bonds is 4. The van der Waals surface area contributed by atoms with Crippen molar-refractivity contribution >= 4 is 35.0 Å². The van der Waals surface area contributed by atoms with Crippen molar-refractivity contribution in [3.8, 4) is 5.75 Å². The van der Waals surface area contributed by atoms with Crippen molar-refractivity contribution in [1.82, 2.24) is 4.98 Å². The van der Waals surface area contributed by atoms with Crippen molar-refractivity contribution in [3.05, 3.63) is 71.9 Å². The predicted octanol–water partition coefficient (Wildman–Crippen LogP) is 4.47. The topological polar surface area (TPSA) is 71.5 Å². The average Bonchev–Trinajstić information content (AvgIpc) is 2.87. The van der Waals surface area contributed by atoms with E-state index in [0.717, 1.165) is 16.3 Å². The Morgan fingerprint density at radius 2 is 1.97 bits per heavy atom. The zero-order valence-electron chi connectivity index (χ0n) is 16.0. The quantitative estimate of drug-likeness (QED) is 0.693. The van der Waals surface area contributed by atoms with Crippen molar-refractivity contribution in [2.75, 3.05) is 23.9 Å². The Labute approximate surface area is 172 Å². The van der Waals surface area contributed by atoms with Gasteiger partial charge >= 0.3 is 0 Å². The molecule has 0 aliphatic carbocycles. The van der Waals surface area contributed by atoms with Crippen LogP contribution in [0.15, 0.2) is 70.7 Å².